The van der Waals surface area contributed by atoms with Gasteiger partial charge in [0.05, 0.1) is 4.47 Å². The van der Waals surface area contributed by atoms with Crippen LogP contribution in [-0.2, 0) is 0 Å². The van der Waals surface area contributed by atoms with E-state index in [1.54, 1.807) is 12.1 Å². The molecule has 6 heteroatoms. The molecule has 3 nitrogen and oxygen atoms in total. The number of rotatable bonds is 3. The quantitative estimate of drug-likeness (QED) is 0.812. The monoisotopic (exact) mass is 366 g/mol. The highest BCUT2D eigenvalue weighted by Crippen LogP contribution is 2.20. The maximum atomic E-state index is 13.5. The van der Waals surface area contributed by atoms with Crippen molar-refractivity contribution in [3.8, 4) is 0 Å². The SMILES string of the molecule is Cc1ccc(C(N)=S)cc1NC(=O)c1ccc(Br)c(F)c1. The van der Waals surface area contributed by atoms with Crippen LogP contribution in [0.5, 0.6) is 0 Å². The van der Waals surface area contributed by atoms with E-state index < -0.39 is 11.7 Å². The molecule has 0 aromatic heterocycles. The molecule has 0 heterocycles. The fraction of sp³-hybridized carbons (Fsp3) is 0.0667. The van der Waals surface area contributed by atoms with Crippen LogP contribution in [-0.4, -0.2) is 10.9 Å². The van der Waals surface area contributed by atoms with Crippen molar-refractivity contribution in [2.24, 2.45) is 5.73 Å². The third-order valence-electron chi connectivity index (χ3n) is 2.95. The smallest absolute Gasteiger partial charge is 0.255 e. The number of hydrogen-bond acceptors (Lipinski definition) is 2. The minimum Gasteiger partial charge on any atom is -0.389 e. The number of carbonyl (C=O) groups is 1. The minimum absolute atomic E-state index is 0.232. The zero-order chi connectivity index (χ0) is 15.6. The van der Waals surface area contributed by atoms with Gasteiger partial charge in [-0.05, 0) is 52.7 Å². The molecule has 21 heavy (non-hydrogen) atoms. The first-order valence-electron chi connectivity index (χ1n) is 6.05. The lowest BCUT2D eigenvalue weighted by Crippen LogP contribution is -2.15. The van der Waals surface area contributed by atoms with Crippen molar-refractivity contribution in [2.45, 2.75) is 6.92 Å². The van der Waals surface area contributed by atoms with Gasteiger partial charge >= 0.3 is 0 Å². The largest absolute Gasteiger partial charge is 0.389 e. The number of amides is 1. The van der Waals surface area contributed by atoms with Gasteiger partial charge in [-0.15, -0.1) is 0 Å². The van der Waals surface area contributed by atoms with Gasteiger partial charge in [0.25, 0.3) is 5.91 Å². The summed E-state index contributed by atoms with van der Waals surface area (Å²) < 4.78 is 13.8. The molecule has 0 saturated carbocycles. The second-order valence-corrected chi connectivity index (χ2v) is 5.77. The maximum absolute atomic E-state index is 13.5. The fourth-order valence-corrected chi connectivity index (χ4v) is 2.12. The molecule has 0 fully saturated rings. The summed E-state index contributed by atoms with van der Waals surface area (Å²) in [5.74, 6) is -0.888. The molecule has 0 bridgehead atoms. The number of nitrogens with one attached hydrogen (secondary N) is 1. The van der Waals surface area contributed by atoms with Gasteiger partial charge in [-0.25, -0.2) is 4.39 Å². The lowest BCUT2D eigenvalue weighted by molar-refractivity contribution is 0.102. The summed E-state index contributed by atoms with van der Waals surface area (Å²) in [6, 6.07) is 9.49. The number of aryl methyl sites for hydroxylation is 1. The Balaban J connectivity index is 2.28. The number of benzene rings is 2. The lowest BCUT2D eigenvalue weighted by atomic mass is 10.1. The van der Waals surface area contributed by atoms with Crippen LogP contribution < -0.4 is 11.1 Å². The summed E-state index contributed by atoms with van der Waals surface area (Å²) in [5, 5.41) is 2.73. The van der Waals surface area contributed by atoms with E-state index in [0.29, 0.717) is 15.7 Å². The molecule has 0 atom stereocenters. The van der Waals surface area contributed by atoms with Crippen molar-refractivity contribution in [2.75, 3.05) is 5.32 Å². The van der Waals surface area contributed by atoms with Gasteiger partial charge in [0.1, 0.15) is 10.8 Å². The Labute approximate surface area is 135 Å². The molecule has 0 aliphatic rings. The summed E-state index contributed by atoms with van der Waals surface area (Å²) >= 11 is 7.96. The fourth-order valence-electron chi connectivity index (χ4n) is 1.74. The molecule has 1 amide bonds. The molecule has 2 aromatic carbocycles. The van der Waals surface area contributed by atoms with Crippen LogP contribution in [0.2, 0.25) is 0 Å². The summed E-state index contributed by atoms with van der Waals surface area (Å²) in [6.45, 7) is 1.85. The van der Waals surface area contributed by atoms with Crippen LogP contribution in [0.25, 0.3) is 0 Å². The highest BCUT2D eigenvalue weighted by molar-refractivity contribution is 9.10. The summed E-state index contributed by atoms with van der Waals surface area (Å²) in [4.78, 5) is 12.4. The van der Waals surface area contributed by atoms with E-state index in [2.05, 4.69) is 21.2 Å². The van der Waals surface area contributed by atoms with E-state index in [0.717, 1.165) is 5.56 Å². The van der Waals surface area contributed by atoms with Crippen molar-refractivity contribution in [1.29, 1.82) is 0 Å². The van der Waals surface area contributed by atoms with E-state index in [1.807, 2.05) is 13.0 Å². The van der Waals surface area contributed by atoms with Crippen molar-refractivity contribution >= 4 is 44.7 Å². The Hall–Kier alpha value is -1.79. The van der Waals surface area contributed by atoms with Gasteiger partial charge in [-0.3, -0.25) is 4.79 Å². The van der Waals surface area contributed by atoms with Gasteiger partial charge in [0.2, 0.25) is 0 Å². The number of hydrogen-bond donors (Lipinski definition) is 2. The van der Waals surface area contributed by atoms with E-state index in [9.17, 15) is 9.18 Å². The predicted molar refractivity (Wildman–Crippen MR) is 89.1 cm³/mol. The first kappa shape index (κ1) is 15.6. The highest BCUT2D eigenvalue weighted by atomic mass is 79.9. The molecule has 0 spiro atoms. The molecule has 0 saturated heterocycles. The summed E-state index contributed by atoms with van der Waals surface area (Å²) in [6.07, 6.45) is 0. The normalized spacial score (nSPS) is 10.2. The molecule has 2 aromatic rings. The molecule has 3 N–H and O–H groups in total. The maximum Gasteiger partial charge on any atom is 0.255 e. The first-order valence-corrected chi connectivity index (χ1v) is 7.25. The number of thiocarbonyl (C=S) groups is 1. The van der Waals surface area contributed by atoms with Crippen LogP contribution in [0.3, 0.4) is 0 Å². The third-order valence-corrected chi connectivity index (χ3v) is 3.83. The Bertz CT molecular complexity index is 734. The standard InChI is InChI=1S/C15H12BrFN2OS/c1-8-2-3-9(14(18)21)7-13(8)19-15(20)10-4-5-11(16)12(17)6-10/h2-7H,1H3,(H2,18,21)(H,19,20). The van der Waals surface area contributed by atoms with Crippen molar-refractivity contribution < 1.29 is 9.18 Å². The number of halogens is 2. The van der Waals surface area contributed by atoms with E-state index >= 15 is 0 Å². The molecule has 2 rings (SSSR count). The molecule has 0 unspecified atom stereocenters. The van der Waals surface area contributed by atoms with E-state index in [1.165, 1.54) is 18.2 Å². The Kier molecular flexibility index (Phi) is 4.69. The molecule has 0 radical (unpaired) electrons. The van der Waals surface area contributed by atoms with Gasteiger partial charge in [-0.1, -0.05) is 24.4 Å². The number of anilines is 1. The molecular formula is C15H12BrFN2OS. The van der Waals surface area contributed by atoms with Crippen LogP contribution >= 0.6 is 28.1 Å². The van der Waals surface area contributed by atoms with Crippen LogP contribution in [0, 0.1) is 12.7 Å². The van der Waals surface area contributed by atoms with Gasteiger partial charge in [-0.2, -0.15) is 0 Å². The van der Waals surface area contributed by atoms with Crippen LogP contribution in [0.1, 0.15) is 21.5 Å². The zero-order valence-corrected chi connectivity index (χ0v) is 13.5. The molecule has 108 valence electrons. The Morgan fingerprint density at radius 1 is 1.24 bits per heavy atom. The van der Waals surface area contributed by atoms with Crippen molar-refractivity contribution in [1.82, 2.24) is 0 Å². The number of carbonyl (C=O) groups excluding carboxylic acids is 1. The van der Waals surface area contributed by atoms with Gasteiger partial charge in [0, 0.05) is 16.8 Å². The lowest BCUT2D eigenvalue weighted by Gasteiger charge is -2.10. The average molecular weight is 367 g/mol. The predicted octanol–water partition coefficient (Wildman–Crippen LogP) is 3.78. The third kappa shape index (κ3) is 3.65. The van der Waals surface area contributed by atoms with Crippen molar-refractivity contribution in [3.05, 3.63) is 63.4 Å². The molecule has 0 aliphatic carbocycles. The Morgan fingerprint density at radius 3 is 2.52 bits per heavy atom. The first-order chi connectivity index (χ1) is 9.88. The second-order valence-electron chi connectivity index (χ2n) is 4.48. The Morgan fingerprint density at radius 2 is 1.90 bits per heavy atom. The molecular weight excluding hydrogens is 355 g/mol. The minimum atomic E-state index is -0.490. The summed E-state index contributed by atoms with van der Waals surface area (Å²) in [5.41, 5.74) is 7.92. The van der Waals surface area contributed by atoms with Gasteiger partial charge in [0.15, 0.2) is 0 Å². The van der Waals surface area contributed by atoms with Gasteiger partial charge < -0.3 is 11.1 Å². The molecule has 0 aliphatic heterocycles. The van der Waals surface area contributed by atoms with E-state index in [4.69, 9.17) is 18.0 Å². The van der Waals surface area contributed by atoms with Crippen LogP contribution in [0.15, 0.2) is 40.9 Å². The number of nitrogens with two attached hydrogens (primary N) is 1. The van der Waals surface area contributed by atoms with Crippen molar-refractivity contribution in [3.63, 3.8) is 0 Å². The van der Waals surface area contributed by atoms with E-state index in [-0.39, 0.29) is 10.6 Å². The average Bonchev–Trinajstić information content (AvgIpc) is 2.43. The van der Waals surface area contributed by atoms with Crippen LogP contribution in [0.4, 0.5) is 10.1 Å². The highest BCUT2D eigenvalue weighted by Gasteiger charge is 2.11. The zero-order valence-electron chi connectivity index (χ0n) is 11.1. The summed E-state index contributed by atoms with van der Waals surface area (Å²) in [7, 11) is 0. The second kappa shape index (κ2) is 6.32. The topological polar surface area (TPSA) is 55.1 Å².